The van der Waals surface area contributed by atoms with Crippen molar-refractivity contribution in [2.24, 2.45) is 5.92 Å². The van der Waals surface area contributed by atoms with Crippen molar-refractivity contribution in [2.45, 2.75) is 13.3 Å². The minimum Gasteiger partial charge on any atom is -0.492 e. The monoisotopic (exact) mass is 416 g/mol. The van der Waals surface area contributed by atoms with E-state index in [0.717, 1.165) is 5.56 Å². The maximum Gasteiger partial charge on any atom is 0.313 e. The number of halogens is 1. The van der Waals surface area contributed by atoms with Gasteiger partial charge in [0.15, 0.2) is 6.61 Å². The van der Waals surface area contributed by atoms with E-state index in [1.165, 1.54) is 0 Å². The van der Waals surface area contributed by atoms with Crippen molar-refractivity contribution >= 4 is 35.1 Å². The molecule has 0 radical (unpaired) electrons. The number of hydrogen-bond donors (Lipinski definition) is 2. The fourth-order valence-corrected chi connectivity index (χ4v) is 3.16. The third-order valence-corrected chi connectivity index (χ3v) is 4.59. The molecule has 0 aromatic heterocycles. The molecule has 0 saturated heterocycles. The number of nitrogens with one attached hydrogen (secondary N) is 2. The van der Waals surface area contributed by atoms with Gasteiger partial charge < -0.3 is 20.1 Å². The third-order valence-electron chi connectivity index (χ3n) is 4.35. The van der Waals surface area contributed by atoms with E-state index >= 15 is 0 Å². The largest absolute Gasteiger partial charge is 0.492 e. The van der Waals surface area contributed by atoms with Gasteiger partial charge in [-0.1, -0.05) is 17.7 Å². The van der Waals surface area contributed by atoms with Crippen LogP contribution in [0.1, 0.15) is 22.8 Å². The number of esters is 1. The Morgan fingerprint density at radius 2 is 2.03 bits per heavy atom. The Balaban J connectivity index is 1.51. The topological polar surface area (TPSA) is 93.7 Å². The second-order valence-electron chi connectivity index (χ2n) is 6.56. The Bertz CT molecular complexity index is 931. The van der Waals surface area contributed by atoms with Gasteiger partial charge in [0, 0.05) is 22.8 Å². The number of carbonyl (C=O) groups is 3. The Hall–Kier alpha value is -3.06. The maximum absolute atomic E-state index is 12.3. The van der Waals surface area contributed by atoms with Crippen molar-refractivity contribution in [3.05, 3.63) is 58.6 Å². The molecule has 152 valence electrons. The van der Waals surface area contributed by atoms with Crippen LogP contribution in [-0.4, -0.2) is 37.5 Å². The van der Waals surface area contributed by atoms with Crippen LogP contribution in [0, 0.1) is 5.92 Å². The zero-order chi connectivity index (χ0) is 20.8. The number of anilines is 1. The molecule has 0 aliphatic carbocycles. The second kappa shape index (κ2) is 9.43. The zero-order valence-corrected chi connectivity index (χ0v) is 16.6. The predicted molar refractivity (Wildman–Crippen MR) is 108 cm³/mol. The minimum absolute atomic E-state index is 0.184. The first-order chi connectivity index (χ1) is 14.0. The molecular weight excluding hydrogens is 396 g/mol. The Kier molecular flexibility index (Phi) is 6.72. The average Bonchev–Trinajstić information content (AvgIpc) is 2.71. The highest BCUT2D eigenvalue weighted by molar-refractivity contribution is 6.30. The van der Waals surface area contributed by atoms with Crippen molar-refractivity contribution in [1.82, 2.24) is 5.32 Å². The van der Waals surface area contributed by atoms with E-state index in [-0.39, 0.29) is 12.5 Å². The van der Waals surface area contributed by atoms with Crippen molar-refractivity contribution in [1.29, 1.82) is 0 Å². The molecule has 1 aliphatic heterocycles. The van der Waals surface area contributed by atoms with Crippen molar-refractivity contribution in [3.63, 3.8) is 0 Å². The quantitative estimate of drug-likeness (QED) is 0.706. The number of fused-ring (bicyclic) bond motifs is 1. The molecule has 1 atom stereocenters. The molecule has 2 aromatic carbocycles. The van der Waals surface area contributed by atoms with Crippen LogP contribution in [-0.2, 0) is 20.7 Å². The van der Waals surface area contributed by atoms with E-state index in [9.17, 15) is 14.4 Å². The van der Waals surface area contributed by atoms with E-state index in [2.05, 4.69) is 10.6 Å². The van der Waals surface area contributed by atoms with E-state index < -0.39 is 24.4 Å². The van der Waals surface area contributed by atoms with E-state index in [1.54, 1.807) is 42.5 Å². The fraction of sp³-hybridized carbons (Fsp3) is 0.286. The van der Waals surface area contributed by atoms with Gasteiger partial charge >= 0.3 is 5.97 Å². The van der Waals surface area contributed by atoms with Crippen molar-refractivity contribution in [2.75, 3.05) is 25.1 Å². The number of hydrogen-bond acceptors (Lipinski definition) is 5. The molecule has 2 aromatic rings. The second-order valence-corrected chi connectivity index (χ2v) is 7.00. The summed E-state index contributed by atoms with van der Waals surface area (Å²) in [5.74, 6) is -1.04. The van der Waals surface area contributed by atoms with Gasteiger partial charge in [-0.05, 0) is 55.3 Å². The molecule has 0 saturated carbocycles. The molecule has 8 heteroatoms. The van der Waals surface area contributed by atoms with Gasteiger partial charge in [-0.15, -0.1) is 0 Å². The van der Waals surface area contributed by atoms with Crippen LogP contribution in [0.25, 0.3) is 0 Å². The molecule has 1 heterocycles. The Morgan fingerprint density at radius 3 is 2.83 bits per heavy atom. The molecule has 0 spiro atoms. The van der Waals surface area contributed by atoms with Crippen LogP contribution >= 0.6 is 11.6 Å². The van der Waals surface area contributed by atoms with E-state index in [4.69, 9.17) is 21.1 Å². The highest BCUT2D eigenvalue weighted by atomic mass is 35.5. The lowest BCUT2D eigenvalue weighted by Gasteiger charge is -2.24. The Labute approximate surface area is 173 Å². The van der Waals surface area contributed by atoms with Gasteiger partial charge in [-0.3, -0.25) is 14.4 Å². The number of carbonyl (C=O) groups excluding carboxylic acids is 3. The summed E-state index contributed by atoms with van der Waals surface area (Å²) in [6, 6.07) is 11.8. The molecular formula is C21H21ClN2O5. The number of rotatable bonds is 6. The summed E-state index contributed by atoms with van der Waals surface area (Å²) in [7, 11) is 0. The molecule has 2 N–H and O–H groups in total. The number of ether oxygens (including phenoxy) is 2. The van der Waals surface area contributed by atoms with Gasteiger partial charge in [0.05, 0.1) is 5.92 Å². The molecule has 0 bridgehead atoms. The fourth-order valence-electron chi connectivity index (χ4n) is 2.97. The predicted octanol–water partition coefficient (Wildman–Crippen LogP) is 2.82. The lowest BCUT2D eigenvalue weighted by Crippen LogP contribution is -2.32. The molecule has 7 nitrogen and oxygen atoms in total. The summed E-state index contributed by atoms with van der Waals surface area (Å²) in [4.78, 5) is 36.3. The van der Waals surface area contributed by atoms with Crippen LogP contribution in [0.4, 0.5) is 5.69 Å². The highest BCUT2D eigenvalue weighted by Gasteiger charge is 2.28. The molecule has 2 amide bonds. The van der Waals surface area contributed by atoms with Crippen LogP contribution < -0.4 is 15.4 Å². The van der Waals surface area contributed by atoms with E-state index in [0.29, 0.717) is 35.0 Å². The molecule has 0 fully saturated rings. The summed E-state index contributed by atoms with van der Waals surface area (Å²) >= 11 is 5.98. The normalized spacial score (nSPS) is 14.9. The van der Waals surface area contributed by atoms with Gasteiger partial charge in [-0.2, -0.15) is 0 Å². The minimum atomic E-state index is -0.512. The Morgan fingerprint density at radius 1 is 1.21 bits per heavy atom. The SMILES string of the molecule is CCNC(=O)c1cccc(NC(=O)COC(=O)[C@@H]2COc3ccc(Cl)cc3C2)c1. The van der Waals surface area contributed by atoms with Crippen LogP contribution in [0.5, 0.6) is 5.75 Å². The first-order valence-corrected chi connectivity index (χ1v) is 9.60. The first-order valence-electron chi connectivity index (χ1n) is 9.22. The van der Waals surface area contributed by atoms with Gasteiger partial charge in [0.2, 0.25) is 0 Å². The third kappa shape index (κ3) is 5.48. The summed E-state index contributed by atoms with van der Waals surface area (Å²) in [6.45, 7) is 2.09. The average molecular weight is 417 g/mol. The van der Waals surface area contributed by atoms with Crippen LogP contribution in [0.3, 0.4) is 0 Å². The number of amides is 2. The van der Waals surface area contributed by atoms with Gasteiger partial charge in [0.1, 0.15) is 12.4 Å². The van der Waals surface area contributed by atoms with Crippen molar-refractivity contribution < 1.29 is 23.9 Å². The summed E-state index contributed by atoms with van der Waals surface area (Å²) < 4.78 is 10.7. The smallest absolute Gasteiger partial charge is 0.313 e. The van der Waals surface area contributed by atoms with Gasteiger partial charge in [0.25, 0.3) is 11.8 Å². The standard InChI is InChI=1S/C21H21ClN2O5/c1-2-23-20(26)13-4-3-5-17(10-13)24-19(25)12-29-21(27)15-8-14-9-16(22)6-7-18(14)28-11-15/h3-7,9-10,15H,2,8,11-12H2,1H3,(H,23,26)(H,24,25)/t15-/m0/s1. The van der Waals surface area contributed by atoms with Crippen molar-refractivity contribution in [3.8, 4) is 5.75 Å². The van der Waals surface area contributed by atoms with Crippen LogP contribution in [0.2, 0.25) is 5.02 Å². The van der Waals surface area contributed by atoms with Gasteiger partial charge in [-0.25, -0.2) is 0 Å². The highest BCUT2D eigenvalue weighted by Crippen LogP contribution is 2.30. The lowest BCUT2D eigenvalue weighted by atomic mass is 9.97. The van der Waals surface area contributed by atoms with E-state index in [1.807, 2.05) is 6.92 Å². The summed E-state index contributed by atoms with van der Waals surface area (Å²) in [5, 5.41) is 5.87. The zero-order valence-electron chi connectivity index (χ0n) is 15.9. The van der Waals surface area contributed by atoms with Crippen LogP contribution in [0.15, 0.2) is 42.5 Å². The number of benzene rings is 2. The molecule has 3 rings (SSSR count). The molecule has 29 heavy (non-hydrogen) atoms. The summed E-state index contributed by atoms with van der Waals surface area (Å²) in [6.07, 6.45) is 0.435. The lowest BCUT2D eigenvalue weighted by molar-refractivity contribution is -0.152. The summed E-state index contributed by atoms with van der Waals surface area (Å²) in [5.41, 5.74) is 1.70. The molecule has 1 aliphatic rings. The first kappa shape index (κ1) is 20.7. The molecule has 0 unspecified atom stereocenters. The maximum atomic E-state index is 12.3.